The minimum absolute atomic E-state index is 0.00991. The van der Waals surface area contributed by atoms with Gasteiger partial charge < -0.3 is 5.32 Å². The highest BCUT2D eigenvalue weighted by atomic mass is 32.2. The fourth-order valence-electron chi connectivity index (χ4n) is 2.83. The van der Waals surface area contributed by atoms with Gasteiger partial charge in [-0.15, -0.1) is 0 Å². The van der Waals surface area contributed by atoms with Crippen LogP contribution in [0.5, 0.6) is 0 Å². The summed E-state index contributed by atoms with van der Waals surface area (Å²) in [5, 5.41) is 2.81. The Morgan fingerprint density at radius 3 is 2.30 bits per heavy atom. The molecule has 0 aliphatic rings. The quantitative estimate of drug-likeness (QED) is 0.840. The van der Waals surface area contributed by atoms with Gasteiger partial charge in [0.25, 0.3) is 0 Å². The molecule has 0 saturated carbocycles. The molecule has 0 fully saturated rings. The lowest BCUT2D eigenvalue weighted by Crippen LogP contribution is -2.42. The van der Waals surface area contributed by atoms with Crippen LogP contribution < -0.4 is 5.32 Å². The van der Waals surface area contributed by atoms with Crippen LogP contribution in [0.25, 0.3) is 0 Å². The standard InChI is InChI=1S/C16H27NO2S/c1-6-8-14(17-5)15(7-2)20(18,19)16-10-9-12(3)11-13(16)4/h9-11,14-15,17H,6-8H2,1-5H3. The number of hydrogen-bond donors (Lipinski definition) is 1. The average molecular weight is 297 g/mol. The molecule has 0 radical (unpaired) electrons. The van der Waals surface area contributed by atoms with E-state index in [0.717, 1.165) is 24.0 Å². The fraction of sp³-hybridized carbons (Fsp3) is 0.625. The van der Waals surface area contributed by atoms with Crippen LogP contribution in [-0.4, -0.2) is 26.8 Å². The second-order valence-corrected chi connectivity index (χ2v) is 7.58. The smallest absolute Gasteiger partial charge is 0.183 e. The molecule has 0 amide bonds. The van der Waals surface area contributed by atoms with E-state index in [1.807, 2.05) is 40.0 Å². The number of rotatable bonds is 7. The minimum atomic E-state index is -3.29. The largest absolute Gasteiger partial charge is 0.316 e. The Labute approximate surface area is 123 Å². The van der Waals surface area contributed by atoms with Crippen molar-refractivity contribution in [3.63, 3.8) is 0 Å². The third kappa shape index (κ3) is 3.61. The second-order valence-electron chi connectivity index (χ2n) is 5.44. The summed E-state index contributed by atoms with van der Waals surface area (Å²) < 4.78 is 25.9. The lowest BCUT2D eigenvalue weighted by atomic mass is 10.1. The number of nitrogens with one attached hydrogen (secondary N) is 1. The zero-order valence-corrected chi connectivity index (χ0v) is 14.0. The van der Waals surface area contributed by atoms with E-state index in [-0.39, 0.29) is 11.3 Å². The third-order valence-corrected chi connectivity index (χ3v) is 6.39. The maximum absolute atomic E-state index is 12.9. The predicted molar refractivity (Wildman–Crippen MR) is 84.9 cm³/mol. The van der Waals surface area contributed by atoms with Crippen molar-refractivity contribution in [3.8, 4) is 0 Å². The molecule has 2 atom stereocenters. The molecule has 0 spiro atoms. The van der Waals surface area contributed by atoms with E-state index in [1.165, 1.54) is 0 Å². The van der Waals surface area contributed by atoms with Gasteiger partial charge in [0.1, 0.15) is 0 Å². The first kappa shape index (κ1) is 17.2. The van der Waals surface area contributed by atoms with Crippen LogP contribution in [-0.2, 0) is 9.84 Å². The van der Waals surface area contributed by atoms with Crippen molar-refractivity contribution < 1.29 is 8.42 Å². The van der Waals surface area contributed by atoms with Gasteiger partial charge in [0.2, 0.25) is 0 Å². The van der Waals surface area contributed by atoms with Crippen LogP contribution in [0, 0.1) is 13.8 Å². The maximum atomic E-state index is 12.9. The maximum Gasteiger partial charge on any atom is 0.183 e. The fourth-order valence-corrected chi connectivity index (χ4v) is 5.06. The van der Waals surface area contributed by atoms with Gasteiger partial charge in [0.15, 0.2) is 9.84 Å². The van der Waals surface area contributed by atoms with E-state index in [0.29, 0.717) is 11.3 Å². The molecule has 114 valence electrons. The number of aryl methyl sites for hydroxylation is 2. The minimum Gasteiger partial charge on any atom is -0.316 e. The molecule has 2 unspecified atom stereocenters. The predicted octanol–water partition coefficient (Wildman–Crippen LogP) is 3.24. The molecule has 1 rings (SSSR count). The number of hydrogen-bond acceptors (Lipinski definition) is 3. The van der Waals surface area contributed by atoms with Gasteiger partial charge in [-0.2, -0.15) is 0 Å². The summed E-state index contributed by atoms with van der Waals surface area (Å²) in [6.45, 7) is 7.89. The average Bonchev–Trinajstić information content (AvgIpc) is 2.37. The molecule has 0 bridgehead atoms. The van der Waals surface area contributed by atoms with Crippen LogP contribution in [0.3, 0.4) is 0 Å². The molecule has 0 heterocycles. The van der Waals surface area contributed by atoms with Gasteiger partial charge in [-0.3, -0.25) is 0 Å². The van der Waals surface area contributed by atoms with E-state index < -0.39 is 9.84 Å². The summed E-state index contributed by atoms with van der Waals surface area (Å²) in [7, 11) is -1.45. The Balaban J connectivity index is 3.24. The van der Waals surface area contributed by atoms with Crippen molar-refractivity contribution in [1.82, 2.24) is 5.32 Å². The first-order valence-corrected chi connectivity index (χ1v) is 8.91. The molecule has 0 aromatic heterocycles. The summed E-state index contributed by atoms with van der Waals surface area (Å²) in [5.74, 6) is 0. The zero-order chi connectivity index (χ0) is 15.3. The van der Waals surface area contributed by atoms with E-state index in [1.54, 1.807) is 6.07 Å². The van der Waals surface area contributed by atoms with Crippen molar-refractivity contribution in [3.05, 3.63) is 29.3 Å². The van der Waals surface area contributed by atoms with E-state index in [4.69, 9.17) is 0 Å². The van der Waals surface area contributed by atoms with Crippen molar-refractivity contribution >= 4 is 9.84 Å². The molecule has 20 heavy (non-hydrogen) atoms. The van der Waals surface area contributed by atoms with Gasteiger partial charge in [0, 0.05) is 6.04 Å². The van der Waals surface area contributed by atoms with Gasteiger partial charge in [-0.1, -0.05) is 38.0 Å². The molecule has 0 aliphatic carbocycles. The molecule has 0 aliphatic heterocycles. The first-order valence-electron chi connectivity index (χ1n) is 7.36. The van der Waals surface area contributed by atoms with Crippen LogP contribution in [0.2, 0.25) is 0 Å². The van der Waals surface area contributed by atoms with E-state index in [9.17, 15) is 8.42 Å². The van der Waals surface area contributed by atoms with Crippen molar-refractivity contribution in [2.45, 2.75) is 63.1 Å². The highest BCUT2D eigenvalue weighted by Crippen LogP contribution is 2.26. The SMILES string of the molecule is CCCC(NC)C(CC)S(=O)(=O)c1ccc(C)cc1C. The van der Waals surface area contributed by atoms with Crippen LogP contribution >= 0.6 is 0 Å². The van der Waals surface area contributed by atoms with E-state index >= 15 is 0 Å². The van der Waals surface area contributed by atoms with Crippen molar-refractivity contribution in [2.75, 3.05) is 7.05 Å². The highest BCUT2D eigenvalue weighted by Gasteiger charge is 2.32. The lowest BCUT2D eigenvalue weighted by molar-refractivity contribution is 0.464. The Kier molecular flexibility index (Phi) is 6.21. The topological polar surface area (TPSA) is 46.2 Å². The summed E-state index contributed by atoms with van der Waals surface area (Å²) >= 11 is 0. The molecule has 1 aromatic carbocycles. The van der Waals surface area contributed by atoms with Gasteiger partial charge in [-0.25, -0.2) is 8.42 Å². The Hall–Kier alpha value is -0.870. The number of sulfone groups is 1. The molecule has 3 nitrogen and oxygen atoms in total. The Bertz CT molecular complexity index is 537. The first-order chi connectivity index (χ1) is 9.38. The normalized spacial score (nSPS) is 15.1. The van der Waals surface area contributed by atoms with Crippen molar-refractivity contribution in [1.29, 1.82) is 0 Å². The molecule has 1 N–H and O–H groups in total. The highest BCUT2D eigenvalue weighted by molar-refractivity contribution is 7.92. The van der Waals surface area contributed by atoms with Crippen LogP contribution in [0.1, 0.15) is 44.2 Å². The summed E-state index contributed by atoms with van der Waals surface area (Å²) in [4.78, 5) is 0.478. The third-order valence-electron chi connectivity index (χ3n) is 3.86. The van der Waals surface area contributed by atoms with Gasteiger partial charge in [0.05, 0.1) is 10.1 Å². The molecule has 0 saturated heterocycles. The second kappa shape index (κ2) is 7.23. The summed E-state index contributed by atoms with van der Waals surface area (Å²) in [6, 6.07) is 5.58. The van der Waals surface area contributed by atoms with Gasteiger partial charge >= 0.3 is 0 Å². The number of benzene rings is 1. The molecule has 4 heteroatoms. The van der Waals surface area contributed by atoms with Crippen molar-refractivity contribution in [2.24, 2.45) is 0 Å². The lowest BCUT2D eigenvalue weighted by Gasteiger charge is -2.26. The van der Waals surface area contributed by atoms with Crippen LogP contribution in [0.4, 0.5) is 0 Å². The summed E-state index contributed by atoms with van der Waals surface area (Å²) in [6.07, 6.45) is 2.48. The van der Waals surface area contributed by atoms with Gasteiger partial charge in [-0.05, 0) is 45.4 Å². The van der Waals surface area contributed by atoms with E-state index in [2.05, 4.69) is 12.2 Å². The van der Waals surface area contributed by atoms with Crippen LogP contribution in [0.15, 0.2) is 23.1 Å². The molecular weight excluding hydrogens is 270 g/mol. The Morgan fingerprint density at radius 1 is 1.20 bits per heavy atom. The molecular formula is C16H27NO2S. The summed E-state index contributed by atoms with van der Waals surface area (Å²) in [5.41, 5.74) is 1.93. The molecule has 1 aromatic rings. The zero-order valence-electron chi connectivity index (χ0n) is 13.2. The monoisotopic (exact) mass is 297 g/mol. The Morgan fingerprint density at radius 2 is 1.85 bits per heavy atom.